The zero-order valence-corrected chi connectivity index (χ0v) is 12.6. The highest BCUT2D eigenvalue weighted by Crippen LogP contribution is 2.44. The molecule has 1 saturated heterocycles. The summed E-state index contributed by atoms with van der Waals surface area (Å²) < 4.78 is 13.2. The molecule has 0 amide bonds. The summed E-state index contributed by atoms with van der Waals surface area (Å²) in [6, 6.07) is 15.8. The average Bonchev–Trinajstić information content (AvgIpc) is 2.86. The van der Waals surface area contributed by atoms with E-state index in [-0.39, 0.29) is 11.2 Å². The molecule has 2 heterocycles. The van der Waals surface area contributed by atoms with E-state index >= 15 is 0 Å². The Kier molecular flexibility index (Phi) is 3.27. The standard InChI is InChI=1S/C18H18FNS/c19-15-7-5-14(6-8-15)18(11-20-12-18)10-16-9-13-3-1-2-4-17(13)21-16/h1-8,16,20H,9-12H2. The van der Waals surface area contributed by atoms with Crippen molar-refractivity contribution in [3.63, 3.8) is 0 Å². The third-order valence-corrected chi connectivity index (χ3v) is 6.03. The van der Waals surface area contributed by atoms with Crippen LogP contribution in [-0.2, 0) is 11.8 Å². The van der Waals surface area contributed by atoms with Gasteiger partial charge < -0.3 is 5.32 Å². The minimum atomic E-state index is -0.149. The van der Waals surface area contributed by atoms with Crippen molar-refractivity contribution in [3.8, 4) is 0 Å². The van der Waals surface area contributed by atoms with Crippen LogP contribution in [0.4, 0.5) is 4.39 Å². The fourth-order valence-electron chi connectivity index (χ4n) is 3.50. The molecule has 1 N–H and O–H groups in total. The highest BCUT2D eigenvalue weighted by Gasteiger charge is 2.41. The molecule has 1 atom stereocenters. The molecule has 0 radical (unpaired) electrons. The van der Waals surface area contributed by atoms with Gasteiger partial charge in [-0.15, -0.1) is 11.8 Å². The summed E-state index contributed by atoms with van der Waals surface area (Å²) >= 11 is 2.01. The lowest BCUT2D eigenvalue weighted by Gasteiger charge is -2.44. The molecule has 2 aliphatic rings. The maximum Gasteiger partial charge on any atom is 0.123 e. The number of benzene rings is 2. The lowest BCUT2D eigenvalue weighted by Crippen LogP contribution is -2.57. The Morgan fingerprint density at radius 2 is 1.86 bits per heavy atom. The fraction of sp³-hybridized carbons (Fsp3) is 0.333. The van der Waals surface area contributed by atoms with Crippen molar-refractivity contribution in [1.29, 1.82) is 0 Å². The van der Waals surface area contributed by atoms with E-state index in [1.165, 1.54) is 16.0 Å². The molecule has 0 saturated carbocycles. The number of hydrogen-bond donors (Lipinski definition) is 1. The lowest BCUT2D eigenvalue weighted by atomic mass is 9.71. The second-order valence-electron chi connectivity index (χ2n) is 6.15. The number of halogens is 1. The van der Waals surface area contributed by atoms with Crippen molar-refractivity contribution >= 4 is 11.8 Å². The molecule has 1 unspecified atom stereocenters. The van der Waals surface area contributed by atoms with Gasteiger partial charge in [0, 0.05) is 28.6 Å². The summed E-state index contributed by atoms with van der Waals surface area (Å²) in [6.45, 7) is 2.01. The summed E-state index contributed by atoms with van der Waals surface area (Å²) in [4.78, 5) is 1.43. The molecule has 0 aliphatic carbocycles. The van der Waals surface area contributed by atoms with Crippen LogP contribution < -0.4 is 5.32 Å². The average molecular weight is 299 g/mol. The van der Waals surface area contributed by atoms with Gasteiger partial charge in [0.1, 0.15) is 5.82 Å². The third-order valence-electron chi connectivity index (χ3n) is 4.72. The van der Waals surface area contributed by atoms with Gasteiger partial charge in [-0.05, 0) is 42.2 Å². The Hall–Kier alpha value is -1.32. The van der Waals surface area contributed by atoms with Crippen molar-refractivity contribution in [3.05, 3.63) is 65.5 Å². The molecule has 2 aromatic rings. The number of fused-ring (bicyclic) bond motifs is 1. The highest BCUT2D eigenvalue weighted by molar-refractivity contribution is 8.00. The largest absolute Gasteiger partial charge is 0.315 e. The molecule has 108 valence electrons. The molecule has 1 fully saturated rings. The van der Waals surface area contributed by atoms with Gasteiger partial charge >= 0.3 is 0 Å². The van der Waals surface area contributed by atoms with E-state index in [0.717, 1.165) is 25.9 Å². The van der Waals surface area contributed by atoms with Gasteiger partial charge in [0.2, 0.25) is 0 Å². The molecule has 0 bridgehead atoms. The second-order valence-corrected chi connectivity index (χ2v) is 7.49. The van der Waals surface area contributed by atoms with Crippen LogP contribution in [-0.4, -0.2) is 18.3 Å². The maximum absolute atomic E-state index is 13.2. The summed E-state index contributed by atoms with van der Waals surface area (Å²) in [5.74, 6) is -0.149. The Morgan fingerprint density at radius 1 is 1.10 bits per heavy atom. The van der Waals surface area contributed by atoms with E-state index in [9.17, 15) is 4.39 Å². The topological polar surface area (TPSA) is 12.0 Å². The molecule has 4 rings (SSSR count). The molecule has 3 heteroatoms. The quantitative estimate of drug-likeness (QED) is 0.926. The van der Waals surface area contributed by atoms with Crippen LogP contribution in [0.25, 0.3) is 0 Å². The van der Waals surface area contributed by atoms with Crippen LogP contribution in [0.5, 0.6) is 0 Å². The first-order valence-corrected chi connectivity index (χ1v) is 8.34. The van der Waals surface area contributed by atoms with Gasteiger partial charge in [0.05, 0.1) is 0 Å². The summed E-state index contributed by atoms with van der Waals surface area (Å²) in [6.07, 6.45) is 2.31. The van der Waals surface area contributed by atoms with Crippen LogP contribution in [0, 0.1) is 5.82 Å². The van der Waals surface area contributed by atoms with Gasteiger partial charge in [-0.25, -0.2) is 4.39 Å². The van der Waals surface area contributed by atoms with E-state index in [2.05, 4.69) is 29.6 Å². The van der Waals surface area contributed by atoms with Gasteiger partial charge in [0.15, 0.2) is 0 Å². The summed E-state index contributed by atoms with van der Waals surface area (Å²) in [7, 11) is 0. The normalized spacial score (nSPS) is 22.6. The van der Waals surface area contributed by atoms with Crippen molar-refractivity contribution in [2.75, 3.05) is 13.1 Å². The molecule has 2 aromatic carbocycles. The SMILES string of the molecule is Fc1ccc(C2(CC3Cc4ccccc4S3)CNC2)cc1. The van der Waals surface area contributed by atoms with Crippen molar-refractivity contribution in [2.45, 2.75) is 28.4 Å². The smallest absolute Gasteiger partial charge is 0.123 e. The van der Waals surface area contributed by atoms with Crippen molar-refractivity contribution in [2.24, 2.45) is 0 Å². The minimum absolute atomic E-state index is 0.149. The number of hydrogen-bond acceptors (Lipinski definition) is 2. The fourth-order valence-corrected chi connectivity index (χ4v) is 4.98. The van der Waals surface area contributed by atoms with Crippen LogP contribution in [0.3, 0.4) is 0 Å². The minimum Gasteiger partial charge on any atom is -0.315 e. The predicted molar refractivity (Wildman–Crippen MR) is 85.4 cm³/mol. The predicted octanol–water partition coefficient (Wildman–Crippen LogP) is 3.77. The highest BCUT2D eigenvalue weighted by atomic mass is 32.2. The van der Waals surface area contributed by atoms with Gasteiger partial charge in [-0.2, -0.15) is 0 Å². The van der Waals surface area contributed by atoms with Gasteiger partial charge in [-0.1, -0.05) is 30.3 Å². The summed E-state index contributed by atoms with van der Waals surface area (Å²) in [5, 5.41) is 4.04. The van der Waals surface area contributed by atoms with Crippen LogP contribution in [0.1, 0.15) is 17.5 Å². The number of rotatable bonds is 3. The van der Waals surface area contributed by atoms with E-state index in [4.69, 9.17) is 0 Å². The first-order valence-electron chi connectivity index (χ1n) is 7.47. The van der Waals surface area contributed by atoms with E-state index in [1.54, 1.807) is 12.1 Å². The van der Waals surface area contributed by atoms with E-state index in [0.29, 0.717) is 5.25 Å². The summed E-state index contributed by atoms with van der Waals surface area (Å²) in [5.41, 5.74) is 2.95. The Bertz CT molecular complexity index is 624. The molecular formula is C18H18FNS. The Morgan fingerprint density at radius 3 is 2.52 bits per heavy atom. The second kappa shape index (κ2) is 5.15. The monoisotopic (exact) mass is 299 g/mol. The number of nitrogens with one attached hydrogen (secondary N) is 1. The van der Waals surface area contributed by atoms with Crippen LogP contribution in [0.2, 0.25) is 0 Å². The lowest BCUT2D eigenvalue weighted by molar-refractivity contribution is 0.256. The Balaban J connectivity index is 1.54. The molecule has 21 heavy (non-hydrogen) atoms. The van der Waals surface area contributed by atoms with E-state index < -0.39 is 0 Å². The third kappa shape index (κ3) is 2.39. The Labute approximate surface area is 129 Å². The first-order chi connectivity index (χ1) is 10.3. The molecule has 0 aromatic heterocycles. The van der Waals surface area contributed by atoms with Gasteiger partial charge in [-0.3, -0.25) is 0 Å². The molecule has 2 aliphatic heterocycles. The van der Waals surface area contributed by atoms with E-state index in [1.807, 2.05) is 23.9 Å². The van der Waals surface area contributed by atoms with Crippen LogP contribution in [0.15, 0.2) is 53.4 Å². The first kappa shape index (κ1) is 13.4. The van der Waals surface area contributed by atoms with Crippen molar-refractivity contribution in [1.82, 2.24) is 5.32 Å². The molecular weight excluding hydrogens is 281 g/mol. The van der Waals surface area contributed by atoms with Crippen LogP contribution >= 0.6 is 11.8 Å². The number of thioether (sulfide) groups is 1. The maximum atomic E-state index is 13.2. The molecule has 0 spiro atoms. The molecule has 1 nitrogen and oxygen atoms in total. The van der Waals surface area contributed by atoms with Gasteiger partial charge in [0.25, 0.3) is 0 Å². The van der Waals surface area contributed by atoms with Crippen molar-refractivity contribution < 1.29 is 4.39 Å². The zero-order chi connectivity index (χ0) is 14.3. The zero-order valence-electron chi connectivity index (χ0n) is 11.8.